The number of hydrogen-bond acceptors (Lipinski definition) is 4. The van der Waals surface area contributed by atoms with E-state index in [9.17, 15) is 9.59 Å². The van der Waals surface area contributed by atoms with Gasteiger partial charge in [0.1, 0.15) is 0 Å². The summed E-state index contributed by atoms with van der Waals surface area (Å²) >= 11 is 5.82. The summed E-state index contributed by atoms with van der Waals surface area (Å²) in [5.41, 5.74) is 1.29. The third kappa shape index (κ3) is 6.17. The Morgan fingerprint density at radius 2 is 1.72 bits per heavy atom. The van der Waals surface area contributed by atoms with Crippen LogP contribution in [0.25, 0.3) is 0 Å². The fourth-order valence-electron chi connectivity index (χ4n) is 2.12. The van der Waals surface area contributed by atoms with Crippen molar-refractivity contribution in [3.05, 3.63) is 58.9 Å². The van der Waals surface area contributed by atoms with Gasteiger partial charge in [-0.1, -0.05) is 11.6 Å². The summed E-state index contributed by atoms with van der Waals surface area (Å²) in [6.45, 7) is 1.46. The lowest BCUT2D eigenvalue weighted by Crippen LogP contribution is -2.27. The molecular weight excluding hydrogens is 340 g/mol. The van der Waals surface area contributed by atoms with E-state index >= 15 is 0 Å². The Labute approximate surface area is 152 Å². The Kier molecular flexibility index (Phi) is 6.91. The first-order chi connectivity index (χ1) is 12.0. The highest BCUT2D eigenvalue weighted by Crippen LogP contribution is 2.14. The maximum absolute atomic E-state index is 12.3. The molecule has 0 saturated heterocycles. The molecule has 0 fully saturated rings. The predicted molar refractivity (Wildman–Crippen MR) is 99.1 cm³/mol. The molecule has 132 valence electrons. The van der Waals surface area contributed by atoms with Gasteiger partial charge in [-0.15, -0.1) is 0 Å². The highest BCUT2D eigenvalue weighted by atomic mass is 35.5. The second-order valence-electron chi connectivity index (χ2n) is 5.84. The molecule has 0 spiro atoms. The SMILES string of the molecule is CN(C)CCCNC(=O)c1cncc(C(=O)Nc2ccc(Cl)cc2)c1. The number of hydrogen-bond donors (Lipinski definition) is 2. The molecule has 0 radical (unpaired) electrons. The fraction of sp³-hybridized carbons (Fsp3) is 0.278. The Morgan fingerprint density at radius 1 is 1.08 bits per heavy atom. The summed E-state index contributed by atoms with van der Waals surface area (Å²) in [7, 11) is 3.96. The number of pyridine rings is 1. The van der Waals surface area contributed by atoms with E-state index < -0.39 is 0 Å². The average molecular weight is 361 g/mol. The number of nitrogens with one attached hydrogen (secondary N) is 2. The number of anilines is 1. The molecule has 25 heavy (non-hydrogen) atoms. The van der Waals surface area contributed by atoms with Gasteiger partial charge in [0.15, 0.2) is 0 Å². The number of carbonyl (C=O) groups is 2. The second-order valence-corrected chi connectivity index (χ2v) is 6.27. The van der Waals surface area contributed by atoms with Gasteiger partial charge < -0.3 is 15.5 Å². The van der Waals surface area contributed by atoms with Gasteiger partial charge in [-0.25, -0.2) is 0 Å². The van der Waals surface area contributed by atoms with Gasteiger partial charge in [-0.3, -0.25) is 14.6 Å². The molecule has 0 bridgehead atoms. The molecule has 0 unspecified atom stereocenters. The molecule has 1 heterocycles. The lowest BCUT2D eigenvalue weighted by atomic mass is 10.1. The third-order valence-electron chi connectivity index (χ3n) is 3.43. The molecular formula is C18H21ClN4O2. The number of carbonyl (C=O) groups excluding carboxylic acids is 2. The molecule has 0 aliphatic carbocycles. The van der Waals surface area contributed by atoms with Crippen LogP contribution in [0.4, 0.5) is 5.69 Å². The number of rotatable bonds is 7. The molecule has 6 nitrogen and oxygen atoms in total. The summed E-state index contributed by atoms with van der Waals surface area (Å²) in [6, 6.07) is 8.31. The van der Waals surface area contributed by atoms with Crippen LogP contribution in [0, 0.1) is 0 Å². The Bertz CT molecular complexity index is 732. The molecule has 2 rings (SSSR count). The number of nitrogens with zero attached hydrogens (tertiary/aromatic N) is 2. The van der Waals surface area contributed by atoms with Crippen molar-refractivity contribution in [2.45, 2.75) is 6.42 Å². The van der Waals surface area contributed by atoms with Gasteiger partial charge >= 0.3 is 0 Å². The maximum atomic E-state index is 12.3. The van der Waals surface area contributed by atoms with Crippen molar-refractivity contribution < 1.29 is 9.59 Å². The van der Waals surface area contributed by atoms with E-state index in [0.29, 0.717) is 28.4 Å². The maximum Gasteiger partial charge on any atom is 0.257 e. The summed E-state index contributed by atoms with van der Waals surface area (Å²) in [5, 5.41) is 6.16. The minimum atomic E-state index is -0.336. The fourth-order valence-corrected chi connectivity index (χ4v) is 2.25. The Hall–Kier alpha value is -2.44. The molecule has 2 N–H and O–H groups in total. The second kappa shape index (κ2) is 9.15. The third-order valence-corrected chi connectivity index (χ3v) is 3.68. The number of benzene rings is 1. The summed E-state index contributed by atoms with van der Waals surface area (Å²) in [5.74, 6) is -0.579. The number of aromatic nitrogens is 1. The number of halogens is 1. The van der Waals surface area contributed by atoms with Crippen LogP contribution >= 0.6 is 11.6 Å². The monoisotopic (exact) mass is 360 g/mol. The predicted octanol–water partition coefficient (Wildman–Crippen LogP) is 2.67. The summed E-state index contributed by atoms with van der Waals surface area (Å²) < 4.78 is 0. The van der Waals surface area contributed by atoms with Crippen molar-refractivity contribution in [3.63, 3.8) is 0 Å². The van der Waals surface area contributed by atoms with Crippen molar-refractivity contribution in [3.8, 4) is 0 Å². The van der Waals surface area contributed by atoms with Crippen molar-refractivity contribution >= 4 is 29.1 Å². The molecule has 0 saturated carbocycles. The summed E-state index contributed by atoms with van der Waals surface area (Å²) in [6.07, 6.45) is 3.72. The van der Waals surface area contributed by atoms with Crippen LogP contribution in [0.1, 0.15) is 27.1 Å². The van der Waals surface area contributed by atoms with E-state index in [-0.39, 0.29) is 11.8 Å². The molecule has 1 aromatic carbocycles. The van der Waals surface area contributed by atoms with Gasteiger partial charge in [0.2, 0.25) is 0 Å². The Balaban J connectivity index is 1.96. The van der Waals surface area contributed by atoms with E-state index in [1.165, 1.54) is 18.5 Å². The first kappa shape index (κ1) is 18.9. The minimum absolute atomic E-state index is 0.243. The van der Waals surface area contributed by atoms with Gasteiger partial charge in [0, 0.05) is 29.6 Å². The first-order valence-corrected chi connectivity index (χ1v) is 8.28. The molecule has 7 heteroatoms. The molecule has 2 amide bonds. The van der Waals surface area contributed by atoms with E-state index in [1.807, 2.05) is 14.1 Å². The standard InChI is InChI=1S/C18H21ClN4O2/c1-23(2)9-3-8-21-17(24)13-10-14(12-20-11-13)18(25)22-16-6-4-15(19)5-7-16/h4-7,10-12H,3,8-9H2,1-2H3,(H,21,24)(H,22,25). The molecule has 0 atom stereocenters. The van der Waals surface area contributed by atoms with Crippen LogP contribution < -0.4 is 10.6 Å². The van der Waals surface area contributed by atoms with Crippen LogP contribution in [0.3, 0.4) is 0 Å². The molecule has 0 aliphatic rings. The van der Waals surface area contributed by atoms with Crippen molar-refractivity contribution in [1.29, 1.82) is 0 Å². The zero-order valence-corrected chi connectivity index (χ0v) is 15.0. The highest BCUT2D eigenvalue weighted by molar-refractivity contribution is 6.30. The smallest absolute Gasteiger partial charge is 0.257 e. The lowest BCUT2D eigenvalue weighted by molar-refractivity contribution is 0.0952. The lowest BCUT2D eigenvalue weighted by Gasteiger charge is -2.10. The van der Waals surface area contributed by atoms with E-state index in [4.69, 9.17) is 11.6 Å². The van der Waals surface area contributed by atoms with Crippen LogP contribution in [-0.4, -0.2) is 48.9 Å². The molecule has 1 aromatic heterocycles. The van der Waals surface area contributed by atoms with E-state index in [0.717, 1.165) is 13.0 Å². The van der Waals surface area contributed by atoms with Crippen molar-refractivity contribution in [1.82, 2.24) is 15.2 Å². The quantitative estimate of drug-likeness (QED) is 0.744. The minimum Gasteiger partial charge on any atom is -0.352 e. The highest BCUT2D eigenvalue weighted by Gasteiger charge is 2.11. The molecule has 2 aromatic rings. The van der Waals surface area contributed by atoms with E-state index in [2.05, 4.69) is 20.5 Å². The number of amides is 2. The van der Waals surface area contributed by atoms with Crippen LogP contribution in [0.2, 0.25) is 5.02 Å². The van der Waals surface area contributed by atoms with Gasteiger partial charge in [-0.05, 0) is 57.4 Å². The normalized spacial score (nSPS) is 10.6. The Morgan fingerprint density at radius 3 is 2.36 bits per heavy atom. The zero-order valence-electron chi connectivity index (χ0n) is 14.3. The van der Waals surface area contributed by atoms with E-state index in [1.54, 1.807) is 24.3 Å². The molecule has 0 aliphatic heterocycles. The van der Waals surface area contributed by atoms with Gasteiger partial charge in [0.05, 0.1) is 11.1 Å². The van der Waals surface area contributed by atoms with Gasteiger partial charge in [-0.2, -0.15) is 0 Å². The first-order valence-electron chi connectivity index (χ1n) is 7.90. The summed E-state index contributed by atoms with van der Waals surface area (Å²) in [4.78, 5) is 30.5. The largest absolute Gasteiger partial charge is 0.352 e. The van der Waals surface area contributed by atoms with Gasteiger partial charge in [0.25, 0.3) is 11.8 Å². The van der Waals surface area contributed by atoms with Crippen LogP contribution in [0.15, 0.2) is 42.7 Å². The topological polar surface area (TPSA) is 74.3 Å². The van der Waals surface area contributed by atoms with Crippen molar-refractivity contribution in [2.24, 2.45) is 0 Å². The average Bonchev–Trinajstić information content (AvgIpc) is 2.60. The zero-order chi connectivity index (χ0) is 18.2. The van der Waals surface area contributed by atoms with Crippen LogP contribution in [0.5, 0.6) is 0 Å². The van der Waals surface area contributed by atoms with Crippen LogP contribution in [-0.2, 0) is 0 Å². The van der Waals surface area contributed by atoms with Crippen molar-refractivity contribution in [2.75, 3.05) is 32.5 Å².